The second kappa shape index (κ2) is 5.22. The lowest BCUT2D eigenvalue weighted by Crippen LogP contribution is -2.67. The highest BCUT2D eigenvalue weighted by atomic mass is 16.6. The molecule has 2 fully saturated rings. The van der Waals surface area contributed by atoms with Crippen molar-refractivity contribution in [2.24, 2.45) is 22.7 Å². The van der Waals surface area contributed by atoms with Crippen molar-refractivity contribution < 1.29 is 19.1 Å². The molecule has 0 aromatic carbocycles. The van der Waals surface area contributed by atoms with Crippen molar-refractivity contribution in [1.82, 2.24) is 0 Å². The third kappa shape index (κ3) is 2.13. The molecular weight excluding hydrogens is 332 g/mol. The summed E-state index contributed by atoms with van der Waals surface area (Å²) in [6.07, 6.45) is 1.62. The monoisotopic (exact) mass is 360 g/mol. The first-order valence-electron chi connectivity index (χ1n) is 9.54. The molecule has 26 heavy (non-hydrogen) atoms. The van der Waals surface area contributed by atoms with Gasteiger partial charge in [-0.25, -0.2) is 0 Å². The second-order valence-corrected chi connectivity index (χ2v) is 9.50. The molecule has 2 saturated carbocycles. The Balaban J connectivity index is 1.86. The van der Waals surface area contributed by atoms with Crippen molar-refractivity contribution >= 4 is 5.78 Å². The van der Waals surface area contributed by atoms with Gasteiger partial charge >= 0.3 is 0 Å². The maximum absolute atomic E-state index is 13.2. The first-order valence-corrected chi connectivity index (χ1v) is 9.54. The van der Waals surface area contributed by atoms with Crippen LogP contribution in [0.2, 0.25) is 0 Å². The maximum Gasteiger partial charge on any atom is 0.292 e. The summed E-state index contributed by atoms with van der Waals surface area (Å²) in [6, 6.07) is 1.49. The molecule has 3 aliphatic rings. The van der Waals surface area contributed by atoms with Gasteiger partial charge in [0.1, 0.15) is 17.1 Å². The topological polar surface area (TPSA) is 76.7 Å². The second-order valence-electron chi connectivity index (χ2n) is 9.50. The number of aryl methyl sites for hydroxylation is 1. The fourth-order valence-electron chi connectivity index (χ4n) is 6.05. The number of hydrogen-bond donors (Lipinski definition) is 1. The van der Waals surface area contributed by atoms with E-state index in [1.54, 1.807) is 6.92 Å². The smallest absolute Gasteiger partial charge is 0.292 e. The van der Waals surface area contributed by atoms with Gasteiger partial charge in [-0.2, -0.15) is 0 Å². The minimum absolute atomic E-state index is 0.0620. The summed E-state index contributed by atoms with van der Waals surface area (Å²) in [6.45, 7) is 9.93. The number of aliphatic hydroxyl groups excluding tert-OH is 1. The summed E-state index contributed by atoms with van der Waals surface area (Å²) >= 11 is 0. The summed E-state index contributed by atoms with van der Waals surface area (Å²) in [5, 5.41) is 10.5. The molecule has 4 rings (SSSR count). The van der Waals surface area contributed by atoms with Crippen LogP contribution in [0.4, 0.5) is 0 Å². The van der Waals surface area contributed by atoms with Crippen LogP contribution in [0.1, 0.15) is 58.3 Å². The van der Waals surface area contributed by atoms with Crippen molar-refractivity contribution in [1.29, 1.82) is 0 Å². The van der Waals surface area contributed by atoms with Gasteiger partial charge in [-0.15, -0.1) is 0 Å². The predicted molar refractivity (Wildman–Crippen MR) is 96.2 cm³/mol. The molecule has 2 aliphatic carbocycles. The van der Waals surface area contributed by atoms with E-state index in [1.165, 1.54) is 6.07 Å². The molecule has 1 aliphatic heterocycles. The molecule has 0 amide bonds. The molecule has 5 atom stereocenters. The van der Waals surface area contributed by atoms with E-state index in [9.17, 15) is 14.7 Å². The molecule has 5 nitrogen and oxygen atoms in total. The van der Waals surface area contributed by atoms with E-state index in [0.717, 1.165) is 12.8 Å². The SMILES string of the molecule is Cc1cc(=O)c2c(o1)O[C@]1(C)CC[C@@H]3C(C)(C)[C@H](O)CC(=O)[C@]3(C)[C@H]1C2. The zero-order chi connectivity index (χ0) is 19.1. The Labute approximate surface area is 153 Å². The molecule has 1 aromatic heterocycles. The Morgan fingerprint density at radius 3 is 2.50 bits per heavy atom. The van der Waals surface area contributed by atoms with Gasteiger partial charge in [0, 0.05) is 23.8 Å². The third-order valence-corrected chi connectivity index (χ3v) is 7.72. The van der Waals surface area contributed by atoms with Crippen LogP contribution >= 0.6 is 0 Å². The van der Waals surface area contributed by atoms with Crippen molar-refractivity contribution in [3.63, 3.8) is 0 Å². The van der Waals surface area contributed by atoms with E-state index in [2.05, 4.69) is 13.8 Å². The number of ketones is 1. The molecule has 1 N–H and O–H groups in total. The highest BCUT2D eigenvalue weighted by molar-refractivity contribution is 5.87. The zero-order valence-corrected chi connectivity index (χ0v) is 16.2. The average Bonchev–Trinajstić information content (AvgIpc) is 2.51. The summed E-state index contributed by atoms with van der Waals surface area (Å²) in [5.41, 5.74) is -1.06. The minimum atomic E-state index is -0.623. The van der Waals surface area contributed by atoms with Gasteiger partial charge in [-0.1, -0.05) is 20.8 Å². The van der Waals surface area contributed by atoms with E-state index < -0.39 is 17.1 Å². The zero-order valence-electron chi connectivity index (χ0n) is 16.2. The fourth-order valence-corrected chi connectivity index (χ4v) is 6.05. The molecule has 1 aromatic rings. The van der Waals surface area contributed by atoms with Crippen LogP contribution in [0.3, 0.4) is 0 Å². The standard InChI is InChI=1S/C21H28O5/c1-11-8-13(22)12-9-15-20(4,26-18(12)25-11)7-6-14-19(2,3)16(23)10-17(24)21(14,15)5/h8,14-16,23H,6-7,9-10H2,1-5H3/t14-,15+,16-,20-,21+/m1/s1. The Bertz CT molecular complexity index is 837. The van der Waals surface area contributed by atoms with Crippen molar-refractivity contribution in [2.45, 2.75) is 72.0 Å². The Hall–Kier alpha value is -1.62. The van der Waals surface area contributed by atoms with Crippen LogP contribution in [-0.4, -0.2) is 22.6 Å². The van der Waals surface area contributed by atoms with Crippen molar-refractivity contribution in [2.75, 3.05) is 0 Å². The first kappa shape index (κ1) is 17.8. The normalized spacial score (nSPS) is 40.8. The first-order chi connectivity index (χ1) is 12.0. The van der Waals surface area contributed by atoms with Crippen LogP contribution in [0.15, 0.2) is 15.3 Å². The van der Waals surface area contributed by atoms with E-state index in [-0.39, 0.29) is 34.9 Å². The van der Waals surface area contributed by atoms with E-state index in [0.29, 0.717) is 23.7 Å². The lowest BCUT2D eigenvalue weighted by molar-refractivity contribution is -0.197. The number of rotatable bonds is 0. The number of hydrogen-bond acceptors (Lipinski definition) is 5. The largest absolute Gasteiger partial charge is 0.458 e. The summed E-state index contributed by atoms with van der Waals surface area (Å²) in [4.78, 5) is 25.7. The number of Topliss-reactive ketones (excluding diaryl/α,β-unsaturated/α-hetero) is 1. The molecule has 0 bridgehead atoms. The van der Waals surface area contributed by atoms with E-state index in [1.807, 2.05) is 13.8 Å². The molecule has 2 heterocycles. The van der Waals surface area contributed by atoms with Crippen LogP contribution in [0.25, 0.3) is 0 Å². The molecule has 0 unspecified atom stereocenters. The molecular formula is C21H28O5. The number of ether oxygens (including phenoxy) is 1. The predicted octanol–water partition coefficient (Wildman–Crippen LogP) is 3.03. The molecule has 5 heteroatoms. The number of fused-ring (bicyclic) bond motifs is 4. The summed E-state index contributed by atoms with van der Waals surface area (Å²) < 4.78 is 12.0. The number of carbonyl (C=O) groups excluding carboxylic acids is 1. The fraction of sp³-hybridized carbons (Fsp3) is 0.714. The molecule has 0 radical (unpaired) electrons. The average molecular weight is 360 g/mol. The Morgan fingerprint density at radius 2 is 1.81 bits per heavy atom. The van der Waals surface area contributed by atoms with Crippen LogP contribution in [-0.2, 0) is 11.2 Å². The van der Waals surface area contributed by atoms with Gasteiger partial charge < -0.3 is 14.3 Å². The maximum atomic E-state index is 13.2. The lowest BCUT2D eigenvalue weighted by Gasteiger charge is -2.62. The van der Waals surface area contributed by atoms with Gasteiger partial charge in [0.25, 0.3) is 5.95 Å². The van der Waals surface area contributed by atoms with Gasteiger partial charge in [0.2, 0.25) is 0 Å². The highest BCUT2D eigenvalue weighted by Gasteiger charge is 2.66. The quantitative estimate of drug-likeness (QED) is 0.769. The van der Waals surface area contributed by atoms with Crippen LogP contribution < -0.4 is 10.2 Å². The number of aliphatic hydroxyl groups is 1. The Kier molecular flexibility index (Phi) is 3.57. The van der Waals surface area contributed by atoms with Gasteiger partial charge in [0.15, 0.2) is 5.43 Å². The van der Waals surface area contributed by atoms with Gasteiger partial charge in [-0.05, 0) is 44.4 Å². The third-order valence-electron chi connectivity index (χ3n) is 7.72. The van der Waals surface area contributed by atoms with Crippen LogP contribution in [0.5, 0.6) is 5.95 Å². The van der Waals surface area contributed by atoms with E-state index in [4.69, 9.17) is 9.15 Å². The summed E-state index contributed by atoms with van der Waals surface area (Å²) in [7, 11) is 0. The van der Waals surface area contributed by atoms with Gasteiger partial charge in [-0.3, -0.25) is 9.59 Å². The number of carbonyl (C=O) groups is 1. The van der Waals surface area contributed by atoms with Crippen LogP contribution in [0, 0.1) is 29.6 Å². The summed E-state index contributed by atoms with van der Waals surface area (Å²) in [5.74, 6) is 0.902. The molecule has 0 spiro atoms. The molecule has 142 valence electrons. The lowest BCUT2D eigenvalue weighted by atomic mass is 9.43. The van der Waals surface area contributed by atoms with Crippen molar-refractivity contribution in [3.8, 4) is 5.95 Å². The minimum Gasteiger partial charge on any atom is -0.458 e. The highest BCUT2D eigenvalue weighted by Crippen LogP contribution is 2.63. The van der Waals surface area contributed by atoms with Gasteiger partial charge in [0.05, 0.1) is 11.7 Å². The Morgan fingerprint density at radius 1 is 1.12 bits per heavy atom. The van der Waals surface area contributed by atoms with E-state index >= 15 is 0 Å². The van der Waals surface area contributed by atoms with Crippen molar-refractivity contribution in [3.05, 3.63) is 27.6 Å². The molecule has 0 saturated heterocycles.